The Kier molecular flexibility index (Phi) is 10.0. The van der Waals surface area contributed by atoms with Gasteiger partial charge in [0.05, 0.1) is 12.5 Å². The van der Waals surface area contributed by atoms with Crippen LogP contribution in [-0.2, 0) is 16.2 Å². The van der Waals surface area contributed by atoms with Crippen LogP contribution in [0.5, 0.6) is 5.75 Å². The van der Waals surface area contributed by atoms with Crippen LogP contribution < -0.4 is 10.1 Å². The van der Waals surface area contributed by atoms with E-state index in [2.05, 4.69) is 26.1 Å². The Morgan fingerprint density at radius 3 is 2.36 bits per heavy atom. The molecule has 1 heterocycles. The van der Waals surface area contributed by atoms with Gasteiger partial charge in [-0.1, -0.05) is 69.2 Å². The molecule has 0 bridgehead atoms. The van der Waals surface area contributed by atoms with Gasteiger partial charge < -0.3 is 20.1 Å². The number of nitrogens with zero attached hydrogens (tertiary/aromatic N) is 2. The van der Waals surface area contributed by atoms with Gasteiger partial charge in [-0.2, -0.15) is 0 Å². The van der Waals surface area contributed by atoms with Crippen molar-refractivity contribution in [2.45, 2.75) is 77.6 Å². The van der Waals surface area contributed by atoms with Crippen molar-refractivity contribution >= 4 is 23.5 Å². The van der Waals surface area contributed by atoms with Crippen LogP contribution in [0.4, 0.5) is 0 Å². The molecule has 2 amide bonds. The van der Waals surface area contributed by atoms with E-state index < -0.39 is 11.6 Å². The van der Waals surface area contributed by atoms with Crippen molar-refractivity contribution < 1.29 is 24.2 Å². The molecule has 236 valence electrons. The molecule has 1 aliphatic heterocycles. The predicted octanol–water partition coefficient (Wildman–Crippen LogP) is 6.80. The molecule has 5 rings (SSSR count). The Morgan fingerprint density at radius 1 is 1.04 bits per heavy atom. The molecule has 8 heteroatoms. The predicted molar refractivity (Wildman–Crippen MR) is 174 cm³/mol. The number of hydrogen-bond donors (Lipinski definition) is 2. The monoisotopic (exact) mass is 609 g/mol. The molecule has 45 heavy (non-hydrogen) atoms. The Labute approximate surface area is 265 Å². The molecule has 3 atom stereocenters. The Balaban J connectivity index is 1.39. The summed E-state index contributed by atoms with van der Waals surface area (Å²) in [4.78, 5) is 45.0. The fraction of sp³-hybridized carbons (Fsp3) is 0.405. The lowest BCUT2D eigenvalue weighted by Gasteiger charge is -2.41. The van der Waals surface area contributed by atoms with Crippen LogP contribution in [0.25, 0.3) is 0 Å². The first kappa shape index (κ1) is 31.9. The zero-order valence-electron chi connectivity index (χ0n) is 26.4. The van der Waals surface area contributed by atoms with Crippen molar-refractivity contribution in [1.82, 2.24) is 10.2 Å². The minimum atomic E-state index is -0.960. The average molecular weight is 610 g/mol. The number of aliphatic imine (C=N–C) groups is 1. The third-order valence-electron chi connectivity index (χ3n) is 8.67. The maximum absolute atomic E-state index is 14.4. The normalized spacial score (nSPS) is 19.1. The number of amides is 2. The first-order valence-electron chi connectivity index (χ1n) is 16.0. The summed E-state index contributed by atoms with van der Waals surface area (Å²) in [7, 11) is 0. The average Bonchev–Trinajstić information content (AvgIpc) is 3.83. The minimum absolute atomic E-state index is 0.0669. The number of benzene rings is 3. The quantitative estimate of drug-likeness (QED) is 0.197. The first-order valence-corrected chi connectivity index (χ1v) is 16.0. The number of carbonyl (C=O) groups excluding carboxylic acids is 2. The fourth-order valence-corrected chi connectivity index (χ4v) is 6.40. The van der Waals surface area contributed by atoms with Gasteiger partial charge in [-0.15, -0.1) is 0 Å². The van der Waals surface area contributed by atoms with E-state index in [1.807, 2.05) is 71.6 Å². The van der Waals surface area contributed by atoms with Gasteiger partial charge >= 0.3 is 5.97 Å². The van der Waals surface area contributed by atoms with Gasteiger partial charge in [0, 0.05) is 17.7 Å². The highest BCUT2D eigenvalue weighted by atomic mass is 16.5. The second-order valence-corrected chi connectivity index (χ2v) is 12.6. The van der Waals surface area contributed by atoms with Crippen molar-refractivity contribution in [3.63, 3.8) is 0 Å². The lowest BCUT2D eigenvalue weighted by Crippen LogP contribution is -2.48. The molecular formula is C37H43N3O5. The van der Waals surface area contributed by atoms with Gasteiger partial charge in [0.2, 0.25) is 0 Å². The van der Waals surface area contributed by atoms with Crippen LogP contribution in [0.15, 0.2) is 83.9 Å². The summed E-state index contributed by atoms with van der Waals surface area (Å²) in [6.07, 6.45) is 4.78. The van der Waals surface area contributed by atoms with E-state index in [9.17, 15) is 14.4 Å². The van der Waals surface area contributed by atoms with Crippen LogP contribution in [-0.4, -0.2) is 45.7 Å². The van der Waals surface area contributed by atoms with E-state index in [1.54, 1.807) is 12.1 Å². The van der Waals surface area contributed by atoms with Gasteiger partial charge in [0.25, 0.3) is 11.8 Å². The van der Waals surface area contributed by atoms with E-state index in [0.29, 0.717) is 29.7 Å². The molecule has 0 aromatic heterocycles. The summed E-state index contributed by atoms with van der Waals surface area (Å²) < 4.78 is 5.98. The summed E-state index contributed by atoms with van der Waals surface area (Å²) in [6, 6.07) is 24.8. The third kappa shape index (κ3) is 7.80. The molecule has 0 spiro atoms. The SMILES string of the molecule is CCCC(C)CC1(C)N=C(c2ccc(OCc3ccccc3)cc2)C(=O)N1[C@@H](c1ccc(C(=O)NCCC(=O)O)cc1)C1CC1. The van der Waals surface area contributed by atoms with Crippen molar-refractivity contribution in [3.05, 3.63) is 101 Å². The molecule has 1 fully saturated rings. The van der Waals surface area contributed by atoms with Gasteiger partial charge in [0.1, 0.15) is 23.7 Å². The molecule has 0 radical (unpaired) electrons. The lowest BCUT2D eigenvalue weighted by atomic mass is 9.90. The third-order valence-corrected chi connectivity index (χ3v) is 8.67. The van der Waals surface area contributed by atoms with Crippen molar-refractivity contribution in [2.24, 2.45) is 16.8 Å². The number of nitrogens with one attached hydrogen (secondary N) is 1. The summed E-state index contributed by atoms with van der Waals surface area (Å²) in [5.41, 5.74) is 3.04. The molecular weight excluding hydrogens is 566 g/mol. The number of ether oxygens (including phenoxy) is 1. The molecule has 0 saturated heterocycles. The van der Waals surface area contributed by atoms with Crippen LogP contribution in [0.3, 0.4) is 0 Å². The maximum atomic E-state index is 14.4. The second kappa shape index (κ2) is 14.1. The summed E-state index contributed by atoms with van der Waals surface area (Å²) in [6.45, 7) is 7.03. The Morgan fingerprint density at radius 2 is 1.73 bits per heavy atom. The van der Waals surface area contributed by atoms with Crippen LogP contribution >= 0.6 is 0 Å². The topological polar surface area (TPSA) is 108 Å². The van der Waals surface area contributed by atoms with Gasteiger partial charge in [-0.3, -0.25) is 19.4 Å². The van der Waals surface area contributed by atoms with Crippen LogP contribution in [0.2, 0.25) is 0 Å². The number of carboxylic acids is 1. The zero-order valence-corrected chi connectivity index (χ0v) is 26.4. The van der Waals surface area contributed by atoms with E-state index in [1.165, 1.54) is 0 Å². The highest BCUT2D eigenvalue weighted by molar-refractivity contribution is 6.46. The second-order valence-electron chi connectivity index (χ2n) is 12.6. The van der Waals surface area contributed by atoms with Crippen LogP contribution in [0.1, 0.15) is 92.4 Å². The van der Waals surface area contributed by atoms with Crippen molar-refractivity contribution in [1.29, 1.82) is 0 Å². The van der Waals surface area contributed by atoms with E-state index in [0.717, 1.165) is 54.5 Å². The number of hydrogen-bond acceptors (Lipinski definition) is 5. The Hall–Kier alpha value is -4.46. The van der Waals surface area contributed by atoms with E-state index >= 15 is 0 Å². The van der Waals surface area contributed by atoms with Crippen molar-refractivity contribution in [3.8, 4) is 5.75 Å². The summed E-state index contributed by atoms with van der Waals surface area (Å²) >= 11 is 0. The highest BCUT2D eigenvalue weighted by Gasteiger charge is 2.51. The molecule has 3 aromatic carbocycles. The van der Waals surface area contributed by atoms with Crippen molar-refractivity contribution in [2.75, 3.05) is 6.54 Å². The highest BCUT2D eigenvalue weighted by Crippen LogP contribution is 2.50. The maximum Gasteiger partial charge on any atom is 0.305 e. The zero-order chi connectivity index (χ0) is 32.0. The molecule has 2 unspecified atom stereocenters. The number of aliphatic carboxylic acids is 1. The molecule has 1 saturated carbocycles. The van der Waals surface area contributed by atoms with E-state index in [-0.39, 0.29) is 30.8 Å². The lowest BCUT2D eigenvalue weighted by molar-refractivity contribution is -0.137. The summed E-state index contributed by atoms with van der Waals surface area (Å²) in [5.74, 6) is 0.0676. The van der Waals surface area contributed by atoms with Gasteiger partial charge in [0.15, 0.2) is 0 Å². The molecule has 8 nitrogen and oxygen atoms in total. The summed E-state index contributed by atoms with van der Waals surface area (Å²) in [5, 5.41) is 11.5. The molecule has 3 aromatic rings. The fourth-order valence-electron chi connectivity index (χ4n) is 6.40. The molecule has 2 aliphatic rings. The van der Waals surface area contributed by atoms with Crippen LogP contribution in [0, 0.1) is 11.8 Å². The standard InChI is InChI=1S/C37H43N3O5/c1-4-8-25(2)23-37(3)39-33(27-17-19-31(20-18-27)45-24-26-9-6-5-7-10-26)36(44)40(37)34(28-11-12-28)29-13-15-30(16-14-29)35(43)38-22-21-32(41)42/h5-7,9-10,13-20,25,28,34H,4,8,11-12,21-24H2,1-3H3,(H,38,43)(H,41,42)/t25?,34-,37?/m1/s1. The number of carbonyl (C=O) groups is 3. The first-order chi connectivity index (χ1) is 21.7. The largest absolute Gasteiger partial charge is 0.489 e. The Bertz CT molecular complexity index is 1520. The van der Waals surface area contributed by atoms with E-state index in [4.69, 9.17) is 14.8 Å². The molecule has 1 aliphatic carbocycles. The van der Waals surface area contributed by atoms with Gasteiger partial charge in [-0.25, -0.2) is 0 Å². The number of rotatable bonds is 15. The van der Waals surface area contributed by atoms with Gasteiger partial charge in [-0.05, 0) is 85.5 Å². The smallest absolute Gasteiger partial charge is 0.305 e. The number of carboxylic acid groups (broad SMARTS) is 1. The molecule has 2 N–H and O–H groups in total. The minimum Gasteiger partial charge on any atom is -0.489 e.